The zero-order valence-corrected chi connectivity index (χ0v) is 29.5. The number of carbonyl (C=O) groups is 8. The number of likely N-dealkylation sites (tertiary alicyclic amines) is 1. The molecule has 0 saturated carbocycles. The average Bonchev–Trinajstić information content (AvgIpc) is 3.51. The van der Waals surface area contributed by atoms with Gasteiger partial charge in [-0.2, -0.15) is 0 Å². The highest BCUT2D eigenvalue weighted by atomic mass is 16.3. The van der Waals surface area contributed by atoms with E-state index in [9.17, 15) is 43.5 Å². The van der Waals surface area contributed by atoms with Crippen LogP contribution in [-0.2, 0) is 38.4 Å². The number of primary amides is 2. The summed E-state index contributed by atoms with van der Waals surface area (Å²) in [5.74, 6) is -6.33. The van der Waals surface area contributed by atoms with Gasteiger partial charge in [0, 0.05) is 6.54 Å². The third kappa shape index (κ3) is 14.2. The highest BCUT2D eigenvalue weighted by molar-refractivity contribution is 5.98. The first-order valence-electron chi connectivity index (χ1n) is 16.8. The molecule has 8 amide bonds. The van der Waals surface area contributed by atoms with Gasteiger partial charge in [-0.1, -0.05) is 13.8 Å². The van der Waals surface area contributed by atoms with Gasteiger partial charge in [0.15, 0.2) is 0 Å². The van der Waals surface area contributed by atoms with Gasteiger partial charge in [-0.15, -0.1) is 0 Å². The fourth-order valence-corrected chi connectivity index (χ4v) is 5.24. The van der Waals surface area contributed by atoms with Crippen LogP contribution in [0.1, 0.15) is 79.6 Å². The second kappa shape index (κ2) is 21.0. The SMILES string of the molecule is CC(C)C[C@H](NC(=O)[C@H](C)N)C(=O)N[C@@H](CCCCN)C(=O)N1CCC[C@H]1C(=O)N[C@@H](CC(N)=O)C(=O)N[C@H](C(=O)N[C@@H](C)C(N)=O)[C@@H](C)O. The molecule has 1 heterocycles. The van der Waals surface area contributed by atoms with Gasteiger partial charge in [0.2, 0.25) is 47.3 Å². The topological polar surface area (TPSA) is 324 Å². The third-order valence-electron chi connectivity index (χ3n) is 8.04. The lowest BCUT2D eigenvalue weighted by atomic mass is 10.0. The molecule has 0 aromatic carbocycles. The van der Waals surface area contributed by atoms with E-state index in [4.69, 9.17) is 22.9 Å². The van der Waals surface area contributed by atoms with Crippen molar-refractivity contribution in [3.8, 4) is 0 Å². The summed E-state index contributed by atoms with van der Waals surface area (Å²) in [6, 6.07) is -8.37. The molecule has 14 N–H and O–H groups in total. The Balaban J connectivity index is 3.23. The number of aliphatic hydroxyl groups is 1. The Kier molecular flexibility index (Phi) is 18.3. The third-order valence-corrected chi connectivity index (χ3v) is 8.04. The summed E-state index contributed by atoms with van der Waals surface area (Å²) in [7, 11) is 0. The zero-order valence-electron chi connectivity index (χ0n) is 29.5. The first-order valence-corrected chi connectivity index (χ1v) is 16.8. The van der Waals surface area contributed by atoms with Gasteiger partial charge < -0.3 is 59.5 Å². The fourth-order valence-electron chi connectivity index (χ4n) is 5.24. The molecule has 1 fully saturated rings. The highest BCUT2D eigenvalue weighted by Crippen LogP contribution is 2.21. The maximum absolute atomic E-state index is 13.9. The first kappa shape index (κ1) is 43.7. The zero-order chi connectivity index (χ0) is 38.3. The Hall–Kier alpha value is -4.36. The van der Waals surface area contributed by atoms with Crippen molar-refractivity contribution in [1.82, 2.24) is 31.5 Å². The molecule has 1 saturated heterocycles. The van der Waals surface area contributed by atoms with Crippen LogP contribution >= 0.6 is 0 Å². The van der Waals surface area contributed by atoms with Crippen molar-refractivity contribution < 1.29 is 43.5 Å². The maximum atomic E-state index is 13.9. The number of nitrogens with zero attached hydrogens (tertiary/aromatic N) is 1. The number of aliphatic hydroxyl groups excluding tert-OH is 1. The number of nitrogens with two attached hydrogens (primary N) is 4. The predicted octanol–water partition coefficient (Wildman–Crippen LogP) is -4.31. The van der Waals surface area contributed by atoms with Crippen molar-refractivity contribution in [2.45, 2.75) is 128 Å². The van der Waals surface area contributed by atoms with E-state index < -0.39 is 102 Å². The predicted molar refractivity (Wildman–Crippen MR) is 181 cm³/mol. The summed E-state index contributed by atoms with van der Waals surface area (Å²) < 4.78 is 0. The summed E-state index contributed by atoms with van der Waals surface area (Å²) in [6.07, 6.45) is -0.0800. The van der Waals surface area contributed by atoms with Gasteiger partial charge in [0.1, 0.15) is 36.3 Å². The minimum absolute atomic E-state index is 0.00619. The van der Waals surface area contributed by atoms with E-state index in [0.717, 1.165) is 0 Å². The van der Waals surface area contributed by atoms with E-state index in [1.807, 2.05) is 13.8 Å². The molecule has 0 aromatic heterocycles. The Labute approximate surface area is 292 Å². The molecule has 284 valence electrons. The van der Waals surface area contributed by atoms with Crippen molar-refractivity contribution in [2.75, 3.05) is 13.1 Å². The summed E-state index contributed by atoms with van der Waals surface area (Å²) in [6.45, 7) is 8.19. The van der Waals surface area contributed by atoms with Crippen LogP contribution < -0.4 is 49.5 Å². The second-order valence-electron chi connectivity index (χ2n) is 13.1. The van der Waals surface area contributed by atoms with E-state index >= 15 is 0 Å². The Morgan fingerprint density at radius 2 is 1.38 bits per heavy atom. The standard InChI is InChI=1S/C31H56N10O9/c1-15(2)13-20(38-26(45)16(3)33)27(46)37-19(9-6-7-11-32)31(50)41-12-8-10-22(41)29(48)39-21(14-23(34)43)28(47)40-24(18(5)42)30(49)36-17(4)25(35)44/h15-22,24,42H,6-14,32-33H2,1-5H3,(H2,34,43)(H2,35,44)(H,36,49)(H,37,46)(H,38,45)(H,39,48)(H,40,47)/t16-,17-,18+,19-,20-,21-,22-,24-/m0/s1. The van der Waals surface area contributed by atoms with Crippen LogP contribution in [0, 0.1) is 5.92 Å². The second-order valence-corrected chi connectivity index (χ2v) is 13.1. The monoisotopic (exact) mass is 712 g/mol. The molecule has 19 heteroatoms. The van der Waals surface area contributed by atoms with Gasteiger partial charge in [-0.3, -0.25) is 38.4 Å². The molecule has 19 nitrogen and oxygen atoms in total. The Morgan fingerprint density at radius 1 is 0.780 bits per heavy atom. The van der Waals surface area contributed by atoms with Crippen LogP contribution in [0.2, 0.25) is 0 Å². The molecule has 1 rings (SSSR count). The number of rotatable bonds is 21. The fraction of sp³-hybridized carbons (Fsp3) is 0.742. The quantitative estimate of drug-likeness (QED) is 0.0507. The summed E-state index contributed by atoms with van der Waals surface area (Å²) in [5, 5.41) is 22.4. The summed E-state index contributed by atoms with van der Waals surface area (Å²) >= 11 is 0. The molecule has 0 aliphatic carbocycles. The highest BCUT2D eigenvalue weighted by Gasteiger charge is 2.40. The molecule has 1 aliphatic heterocycles. The summed E-state index contributed by atoms with van der Waals surface area (Å²) in [5.41, 5.74) is 21.8. The molecular weight excluding hydrogens is 656 g/mol. The lowest BCUT2D eigenvalue weighted by molar-refractivity contribution is -0.143. The van der Waals surface area contributed by atoms with Gasteiger partial charge >= 0.3 is 0 Å². The molecule has 0 bridgehead atoms. The van der Waals surface area contributed by atoms with Gasteiger partial charge in [0.05, 0.1) is 18.6 Å². The minimum Gasteiger partial charge on any atom is -0.391 e. The maximum Gasteiger partial charge on any atom is 0.245 e. The average molecular weight is 713 g/mol. The van der Waals surface area contributed by atoms with E-state index in [0.29, 0.717) is 25.8 Å². The molecule has 50 heavy (non-hydrogen) atoms. The van der Waals surface area contributed by atoms with Gasteiger partial charge in [0.25, 0.3) is 0 Å². The van der Waals surface area contributed by atoms with Gasteiger partial charge in [-0.05, 0) is 71.8 Å². The van der Waals surface area contributed by atoms with Crippen molar-refractivity contribution in [1.29, 1.82) is 0 Å². The number of hydrogen-bond donors (Lipinski definition) is 10. The number of carbonyl (C=O) groups excluding carboxylic acids is 8. The Morgan fingerprint density at radius 3 is 1.90 bits per heavy atom. The molecule has 1 aliphatic rings. The van der Waals surface area contributed by atoms with E-state index in [1.54, 1.807) is 0 Å². The smallest absolute Gasteiger partial charge is 0.245 e. The van der Waals surface area contributed by atoms with Crippen molar-refractivity contribution in [3.05, 3.63) is 0 Å². The van der Waals surface area contributed by atoms with Crippen molar-refractivity contribution >= 4 is 47.3 Å². The molecule has 8 atom stereocenters. The number of hydrogen-bond acceptors (Lipinski definition) is 11. The van der Waals surface area contributed by atoms with Crippen molar-refractivity contribution in [3.63, 3.8) is 0 Å². The number of nitrogens with one attached hydrogen (secondary N) is 5. The van der Waals surface area contributed by atoms with Crippen LogP contribution in [0.4, 0.5) is 0 Å². The van der Waals surface area contributed by atoms with E-state index in [-0.39, 0.29) is 31.7 Å². The van der Waals surface area contributed by atoms with Crippen molar-refractivity contribution in [2.24, 2.45) is 28.9 Å². The lowest BCUT2D eigenvalue weighted by Gasteiger charge is -2.31. The molecule has 0 spiro atoms. The minimum atomic E-state index is -1.61. The van der Waals surface area contributed by atoms with Crippen LogP contribution in [0.15, 0.2) is 0 Å². The number of amides is 8. The van der Waals surface area contributed by atoms with Crippen LogP contribution in [0.25, 0.3) is 0 Å². The number of unbranched alkanes of at least 4 members (excludes halogenated alkanes) is 1. The Bertz CT molecular complexity index is 1230. The lowest BCUT2D eigenvalue weighted by Crippen LogP contribution is -2.61. The summed E-state index contributed by atoms with van der Waals surface area (Å²) in [4.78, 5) is 104. The van der Waals surface area contributed by atoms with E-state index in [2.05, 4.69) is 26.6 Å². The molecule has 0 radical (unpaired) electrons. The molecule has 0 aromatic rings. The largest absolute Gasteiger partial charge is 0.391 e. The molecular formula is C31H56N10O9. The van der Waals surface area contributed by atoms with Gasteiger partial charge in [-0.25, -0.2) is 0 Å². The van der Waals surface area contributed by atoms with Crippen LogP contribution in [0.3, 0.4) is 0 Å². The molecule has 0 unspecified atom stereocenters. The first-order chi connectivity index (χ1) is 23.3. The van der Waals surface area contributed by atoms with Crippen LogP contribution in [0.5, 0.6) is 0 Å². The van der Waals surface area contributed by atoms with E-state index in [1.165, 1.54) is 25.7 Å². The van der Waals surface area contributed by atoms with Crippen LogP contribution in [-0.4, -0.2) is 119 Å². The normalized spacial score (nSPS) is 18.4.